The number of carbonyl (C=O) groups excluding carboxylic acids is 1. The number of hydrogen-bond acceptors (Lipinski definition) is 4. The summed E-state index contributed by atoms with van der Waals surface area (Å²) in [5, 5.41) is 2.95. The molecule has 1 aromatic heterocycles. The zero-order valence-electron chi connectivity index (χ0n) is 17.6. The Balaban J connectivity index is 1.77. The lowest BCUT2D eigenvalue weighted by Crippen LogP contribution is -2.32. The first kappa shape index (κ1) is 21.9. The summed E-state index contributed by atoms with van der Waals surface area (Å²) in [5.74, 6) is 0.576. The van der Waals surface area contributed by atoms with E-state index < -0.39 is 11.9 Å². The Kier molecular flexibility index (Phi) is 5.97. The van der Waals surface area contributed by atoms with Crippen molar-refractivity contribution in [3.05, 3.63) is 47.3 Å². The largest absolute Gasteiger partial charge is 0.489 e. The van der Waals surface area contributed by atoms with Crippen molar-refractivity contribution in [1.29, 1.82) is 0 Å². The van der Waals surface area contributed by atoms with Gasteiger partial charge in [0.05, 0.1) is 12.2 Å². The van der Waals surface area contributed by atoms with Crippen molar-refractivity contribution >= 4 is 17.3 Å². The van der Waals surface area contributed by atoms with Gasteiger partial charge in [0.25, 0.3) is 0 Å². The van der Waals surface area contributed by atoms with Crippen molar-refractivity contribution < 1.29 is 22.7 Å². The normalized spacial score (nSPS) is 14.2. The maximum atomic E-state index is 12.7. The summed E-state index contributed by atoms with van der Waals surface area (Å²) < 4.78 is 43.9. The van der Waals surface area contributed by atoms with Crippen LogP contribution in [-0.2, 0) is 17.5 Å². The van der Waals surface area contributed by atoms with Crippen LogP contribution in [-0.4, -0.2) is 24.0 Å². The fraction of sp³-hybridized carbons (Fsp3) is 0.455. The Morgan fingerprint density at radius 2 is 1.97 bits per heavy atom. The molecule has 1 amide bonds. The van der Waals surface area contributed by atoms with Crippen LogP contribution in [0.3, 0.4) is 0 Å². The molecule has 1 aliphatic heterocycles. The van der Waals surface area contributed by atoms with Crippen molar-refractivity contribution in [1.82, 2.24) is 4.98 Å². The third-order valence-corrected chi connectivity index (χ3v) is 4.72. The van der Waals surface area contributed by atoms with E-state index >= 15 is 0 Å². The molecule has 5 nitrogen and oxygen atoms in total. The SMILES string of the molecule is Cc1cc2c(cc1NC(=O)CC(C)(C)C)OCCN2Cc1ccc(C(F)(F)F)nc1. The zero-order valence-corrected chi connectivity index (χ0v) is 17.6. The van der Waals surface area contributed by atoms with Crippen LogP contribution in [0, 0.1) is 12.3 Å². The molecule has 1 N–H and O–H groups in total. The van der Waals surface area contributed by atoms with Gasteiger partial charge in [-0.1, -0.05) is 26.8 Å². The summed E-state index contributed by atoms with van der Waals surface area (Å²) in [6.07, 6.45) is -2.79. The van der Waals surface area contributed by atoms with Gasteiger partial charge in [-0.15, -0.1) is 0 Å². The highest BCUT2D eigenvalue weighted by Gasteiger charge is 2.32. The number of anilines is 2. The highest BCUT2D eigenvalue weighted by atomic mass is 19.4. The van der Waals surface area contributed by atoms with Gasteiger partial charge in [0.1, 0.15) is 18.1 Å². The number of aryl methyl sites for hydroxylation is 1. The molecule has 162 valence electrons. The van der Waals surface area contributed by atoms with E-state index in [2.05, 4.69) is 10.3 Å². The van der Waals surface area contributed by atoms with Crippen molar-refractivity contribution in [3.63, 3.8) is 0 Å². The van der Waals surface area contributed by atoms with Gasteiger partial charge in [0, 0.05) is 30.9 Å². The van der Waals surface area contributed by atoms with Crippen molar-refractivity contribution in [2.45, 2.75) is 46.8 Å². The number of amides is 1. The predicted octanol–water partition coefficient (Wildman–Crippen LogP) is 5.18. The number of pyridine rings is 1. The molecule has 1 aromatic carbocycles. The minimum atomic E-state index is -4.45. The van der Waals surface area contributed by atoms with Crippen LogP contribution in [0.1, 0.15) is 44.0 Å². The lowest BCUT2D eigenvalue weighted by atomic mass is 9.92. The van der Waals surface area contributed by atoms with E-state index in [1.165, 1.54) is 12.3 Å². The van der Waals surface area contributed by atoms with Crippen LogP contribution in [0.4, 0.5) is 24.5 Å². The topological polar surface area (TPSA) is 54.5 Å². The van der Waals surface area contributed by atoms with Gasteiger partial charge in [0.15, 0.2) is 0 Å². The molecule has 2 aromatic rings. The highest BCUT2D eigenvalue weighted by Crippen LogP contribution is 2.37. The lowest BCUT2D eigenvalue weighted by Gasteiger charge is -2.32. The summed E-state index contributed by atoms with van der Waals surface area (Å²) in [4.78, 5) is 17.9. The summed E-state index contributed by atoms with van der Waals surface area (Å²) in [6, 6.07) is 6.18. The number of halogens is 3. The number of aromatic nitrogens is 1. The Hall–Kier alpha value is -2.77. The van der Waals surface area contributed by atoms with E-state index in [4.69, 9.17) is 4.74 Å². The van der Waals surface area contributed by atoms with E-state index in [9.17, 15) is 18.0 Å². The standard InChI is InChI=1S/C22H26F3N3O2/c1-14-9-17-18(10-16(14)27-20(29)11-21(2,3)4)30-8-7-28(17)13-15-5-6-19(26-12-15)22(23,24)25/h5-6,9-10,12H,7-8,11,13H2,1-4H3,(H,27,29). The fourth-order valence-electron chi connectivity index (χ4n) is 3.30. The van der Waals surface area contributed by atoms with Crippen LogP contribution in [0.25, 0.3) is 0 Å². The van der Waals surface area contributed by atoms with Gasteiger partial charge < -0.3 is 15.0 Å². The van der Waals surface area contributed by atoms with Crippen molar-refractivity contribution in [3.8, 4) is 5.75 Å². The quantitative estimate of drug-likeness (QED) is 0.739. The summed E-state index contributed by atoms with van der Waals surface area (Å²) in [5.41, 5.74) is 2.08. The molecule has 30 heavy (non-hydrogen) atoms. The molecule has 0 aliphatic carbocycles. The molecule has 0 spiro atoms. The molecule has 0 saturated carbocycles. The first-order valence-corrected chi connectivity index (χ1v) is 9.77. The second-order valence-electron chi connectivity index (χ2n) is 8.74. The Bertz CT molecular complexity index is 919. The number of rotatable bonds is 4. The molecule has 0 fully saturated rings. The molecule has 3 rings (SSSR count). The zero-order chi connectivity index (χ0) is 22.1. The summed E-state index contributed by atoms with van der Waals surface area (Å²) in [6.45, 7) is 9.37. The highest BCUT2D eigenvalue weighted by molar-refractivity contribution is 5.92. The number of alkyl halides is 3. The first-order valence-electron chi connectivity index (χ1n) is 9.77. The molecule has 0 atom stereocenters. The lowest BCUT2D eigenvalue weighted by molar-refractivity contribution is -0.141. The number of benzene rings is 1. The van der Waals surface area contributed by atoms with Crippen LogP contribution in [0.2, 0.25) is 0 Å². The fourth-order valence-corrected chi connectivity index (χ4v) is 3.30. The average molecular weight is 421 g/mol. The maximum Gasteiger partial charge on any atom is 0.433 e. The molecule has 0 bridgehead atoms. The van der Waals surface area contributed by atoms with E-state index in [0.29, 0.717) is 43.1 Å². The summed E-state index contributed by atoms with van der Waals surface area (Å²) in [7, 11) is 0. The van der Waals surface area contributed by atoms with Crippen LogP contribution in [0.5, 0.6) is 5.75 Å². The molecule has 0 radical (unpaired) electrons. The van der Waals surface area contributed by atoms with Crippen molar-refractivity contribution in [2.75, 3.05) is 23.4 Å². The third kappa shape index (κ3) is 5.43. The maximum absolute atomic E-state index is 12.7. The molecule has 2 heterocycles. The predicted molar refractivity (Wildman–Crippen MR) is 110 cm³/mol. The monoisotopic (exact) mass is 421 g/mol. The van der Waals surface area contributed by atoms with Gasteiger partial charge in [-0.05, 0) is 35.6 Å². The third-order valence-electron chi connectivity index (χ3n) is 4.72. The van der Waals surface area contributed by atoms with E-state index in [1.807, 2.05) is 44.7 Å². The van der Waals surface area contributed by atoms with E-state index in [-0.39, 0.29) is 11.3 Å². The van der Waals surface area contributed by atoms with Crippen LogP contribution >= 0.6 is 0 Å². The van der Waals surface area contributed by atoms with E-state index in [1.54, 1.807) is 0 Å². The molecule has 0 unspecified atom stereocenters. The molecule has 1 aliphatic rings. The minimum absolute atomic E-state index is 0.0611. The van der Waals surface area contributed by atoms with Crippen LogP contribution in [0.15, 0.2) is 30.5 Å². The number of nitrogens with zero attached hydrogens (tertiary/aromatic N) is 2. The first-order chi connectivity index (χ1) is 13.9. The van der Waals surface area contributed by atoms with Gasteiger partial charge in [0.2, 0.25) is 5.91 Å². The van der Waals surface area contributed by atoms with Gasteiger partial charge in [-0.3, -0.25) is 9.78 Å². The second-order valence-corrected chi connectivity index (χ2v) is 8.74. The molecular weight excluding hydrogens is 395 g/mol. The minimum Gasteiger partial charge on any atom is -0.489 e. The molecule has 0 saturated heterocycles. The number of fused-ring (bicyclic) bond motifs is 1. The average Bonchev–Trinajstić information content (AvgIpc) is 2.61. The van der Waals surface area contributed by atoms with E-state index in [0.717, 1.165) is 17.3 Å². The molecule has 8 heteroatoms. The summed E-state index contributed by atoms with van der Waals surface area (Å²) >= 11 is 0. The Labute approximate surface area is 174 Å². The van der Waals surface area contributed by atoms with Gasteiger partial charge in [-0.2, -0.15) is 13.2 Å². The smallest absolute Gasteiger partial charge is 0.433 e. The number of ether oxygens (including phenoxy) is 1. The van der Waals surface area contributed by atoms with Gasteiger partial charge >= 0.3 is 6.18 Å². The number of hydrogen-bond donors (Lipinski definition) is 1. The Morgan fingerprint density at radius 1 is 1.23 bits per heavy atom. The number of carbonyl (C=O) groups is 1. The van der Waals surface area contributed by atoms with Crippen molar-refractivity contribution in [2.24, 2.45) is 5.41 Å². The van der Waals surface area contributed by atoms with Crippen LogP contribution < -0.4 is 15.0 Å². The Morgan fingerprint density at radius 3 is 2.57 bits per heavy atom. The molecular formula is C22H26F3N3O2. The van der Waals surface area contributed by atoms with Gasteiger partial charge in [-0.25, -0.2) is 0 Å². The number of nitrogens with one attached hydrogen (secondary N) is 1. The second kappa shape index (κ2) is 8.16.